The maximum absolute atomic E-state index is 11.9. The second-order valence-electron chi connectivity index (χ2n) is 7.36. The summed E-state index contributed by atoms with van der Waals surface area (Å²) in [5, 5.41) is 2.94. The summed E-state index contributed by atoms with van der Waals surface area (Å²) < 4.78 is 5.34. The molecule has 1 aromatic rings. The molecule has 23 heavy (non-hydrogen) atoms. The van der Waals surface area contributed by atoms with Crippen molar-refractivity contribution in [1.82, 2.24) is 10.2 Å². The van der Waals surface area contributed by atoms with Crippen LogP contribution in [0.3, 0.4) is 0 Å². The molecular weight excluding hydrogens is 288 g/mol. The Morgan fingerprint density at radius 2 is 2.00 bits per heavy atom. The zero-order valence-corrected chi connectivity index (χ0v) is 14.8. The number of benzene rings is 1. The fraction of sp³-hybridized carbons (Fsp3) is 0.632. The van der Waals surface area contributed by atoms with Gasteiger partial charge in [-0.2, -0.15) is 0 Å². The van der Waals surface area contributed by atoms with Gasteiger partial charge in [-0.1, -0.05) is 36.8 Å². The summed E-state index contributed by atoms with van der Waals surface area (Å²) in [4.78, 5) is 14.4. The number of hydrogen-bond donors (Lipinski definition) is 1. The highest BCUT2D eigenvalue weighted by atomic mass is 16.6. The van der Waals surface area contributed by atoms with Gasteiger partial charge in [-0.25, -0.2) is 4.79 Å². The average molecular weight is 318 g/mol. The Labute approximate surface area is 140 Å². The van der Waals surface area contributed by atoms with E-state index in [1.54, 1.807) is 0 Å². The van der Waals surface area contributed by atoms with E-state index >= 15 is 0 Å². The van der Waals surface area contributed by atoms with Crippen LogP contribution in [0, 0.1) is 0 Å². The summed E-state index contributed by atoms with van der Waals surface area (Å²) in [6, 6.07) is 11.3. The van der Waals surface area contributed by atoms with Crippen molar-refractivity contribution in [3.05, 3.63) is 35.9 Å². The van der Waals surface area contributed by atoms with Gasteiger partial charge in [-0.05, 0) is 52.6 Å². The van der Waals surface area contributed by atoms with Crippen LogP contribution in [-0.2, 0) is 4.74 Å². The maximum Gasteiger partial charge on any atom is 0.407 e. The van der Waals surface area contributed by atoms with Crippen molar-refractivity contribution >= 4 is 6.09 Å². The highest BCUT2D eigenvalue weighted by Crippen LogP contribution is 2.28. The van der Waals surface area contributed by atoms with Gasteiger partial charge in [0.2, 0.25) is 0 Å². The summed E-state index contributed by atoms with van der Waals surface area (Å²) in [5.41, 5.74) is 0.880. The summed E-state index contributed by atoms with van der Waals surface area (Å²) in [6.07, 6.45) is 3.24. The molecule has 1 aliphatic rings. The molecule has 1 N–H and O–H groups in total. The van der Waals surface area contributed by atoms with Crippen LogP contribution >= 0.6 is 0 Å². The first-order valence-corrected chi connectivity index (χ1v) is 8.64. The minimum Gasteiger partial charge on any atom is -0.444 e. The van der Waals surface area contributed by atoms with E-state index in [2.05, 4.69) is 41.4 Å². The molecule has 0 saturated carbocycles. The van der Waals surface area contributed by atoms with Gasteiger partial charge < -0.3 is 10.1 Å². The standard InChI is InChI=1S/C19H30N2O2/c1-15(16-10-6-5-7-11-16)21-13-9-8-12-17(21)14-20-18(22)23-19(2,3)4/h5-7,10-11,15,17H,8-9,12-14H2,1-4H3,(H,20,22)/t15-,17+/m1/s1. The molecule has 1 aromatic carbocycles. The first-order valence-electron chi connectivity index (χ1n) is 8.64. The molecule has 1 saturated heterocycles. The number of carbonyl (C=O) groups is 1. The number of rotatable bonds is 4. The Morgan fingerprint density at radius 3 is 2.65 bits per heavy atom. The third-order valence-corrected chi connectivity index (χ3v) is 4.33. The average Bonchev–Trinajstić information content (AvgIpc) is 2.52. The molecule has 1 amide bonds. The molecular formula is C19H30N2O2. The van der Waals surface area contributed by atoms with E-state index in [0.29, 0.717) is 18.6 Å². The number of piperidine rings is 1. The minimum absolute atomic E-state index is 0.324. The second kappa shape index (κ2) is 7.82. The van der Waals surface area contributed by atoms with Crippen molar-refractivity contribution in [2.24, 2.45) is 0 Å². The lowest BCUT2D eigenvalue weighted by Crippen LogP contribution is -2.48. The first-order chi connectivity index (χ1) is 10.9. The monoisotopic (exact) mass is 318 g/mol. The van der Waals surface area contributed by atoms with E-state index in [1.165, 1.54) is 18.4 Å². The fourth-order valence-corrected chi connectivity index (χ4v) is 3.19. The molecule has 0 radical (unpaired) electrons. The van der Waals surface area contributed by atoms with Crippen LogP contribution in [0.25, 0.3) is 0 Å². The van der Waals surface area contributed by atoms with Gasteiger partial charge in [-0.3, -0.25) is 4.90 Å². The Morgan fingerprint density at radius 1 is 1.30 bits per heavy atom. The maximum atomic E-state index is 11.9. The van der Waals surface area contributed by atoms with Crippen LogP contribution in [0.2, 0.25) is 0 Å². The molecule has 1 heterocycles. The highest BCUT2D eigenvalue weighted by Gasteiger charge is 2.28. The normalized spacial score (nSPS) is 20.8. The SMILES string of the molecule is C[C@H](c1ccccc1)N1CCCC[C@H]1CNC(=O)OC(C)(C)C. The molecule has 4 nitrogen and oxygen atoms in total. The molecule has 0 unspecified atom stereocenters. The van der Waals surface area contributed by atoms with Crippen molar-refractivity contribution in [1.29, 1.82) is 0 Å². The minimum atomic E-state index is -0.451. The molecule has 1 aliphatic heterocycles. The quantitative estimate of drug-likeness (QED) is 0.907. The van der Waals surface area contributed by atoms with Crippen molar-refractivity contribution in [3.8, 4) is 0 Å². The summed E-state index contributed by atoms with van der Waals surface area (Å²) >= 11 is 0. The third-order valence-electron chi connectivity index (χ3n) is 4.33. The van der Waals surface area contributed by atoms with Gasteiger partial charge in [0.15, 0.2) is 0 Å². The lowest BCUT2D eigenvalue weighted by molar-refractivity contribution is 0.0472. The van der Waals surface area contributed by atoms with Crippen molar-refractivity contribution in [3.63, 3.8) is 0 Å². The summed E-state index contributed by atoms with van der Waals surface area (Å²) in [7, 11) is 0. The molecule has 1 fully saturated rings. The third kappa shape index (κ3) is 5.54. The van der Waals surface area contributed by atoms with Crippen LogP contribution in [-0.4, -0.2) is 35.7 Å². The van der Waals surface area contributed by atoms with E-state index < -0.39 is 5.60 Å². The van der Waals surface area contributed by atoms with Crippen LogP contribution in [0.15, 0.2) is 30.3 Å². The Bertz CT molecular complexity index is 496. The molecule has 0 bridgehead atoms. The molecule has 4 heteroatoms. The van der Waals surface area contributed by atoms with Gasteiger partial charge in [-0.15, -0.1) is 0 Å². The van der Waals surface area contributed by atoms with E-state index in [4.69, 9.17) is 4.74 Å². The smallest absolute Gasteiger partial charge is 0.407 e. The van der Waals surface area contributed by atoms with Gasteiger partial charge in [0.25, 0.3) is 0 Å². The number of nitrogens with one attached hydrogen (secondary N) is 1. The van der Waals surface area contributed by atoms with Gasteiger partial charge >= 0.3 is 6.09 Å². The van der Waals surface area contributed by atoms with Crippen LogP contribution in [0.1, 0.15) is 58.6 Å². The number of alkyl carbamates (subject to hydrolysis) is 1. The summed E-state index contributed by atoms with van der Waals surface area (Å²) in [6.45, 7) is 9.63. The topological polar surface area (TPSA) is 41.6 Å². The van der Waals surface area contributed by atoms with Gasteiger partial charge in [0.05, 0.1) is 0 Å². The number of ether oxygens (including phenoxy) is 1. The fourth-order valence-electron chi connectivity index (χ4n) is 3.19. The molecule has 0 aromatic heterocycles. The number of nitrogens with zero attached hydrogens (tertiary/aromatic N) is 1. The van der Waals surface area contributed by atoms with Gasteiger partial charge in [0, 0.05) is 18.6 Å². The lowest BCUT2D eigenvalue weighted by atomic mass is 9.97. The number of hydrogen-bond acceptors (Lipinski definition) is 3. The molecule has 0 aliphatic carbocycles. The van der Waals surface area contributed by atoms with Crippen molar-refractivity contribution < 1.29 is 9.53 Å². The Balaban J connectivity index is 1.94. The predicted molar refractivity (Wildman–Crippen MR) is 93.4 cm³/mol. The second-order valence-corrected chi connectivity index (χ2v) is 7.36. The largest absolute Gasteiger partial charge is 0.444 e. The van der Waals surface area contributed by atoms with E-state index in [-0.39, 0.29) is 6.09 Å². The molecule has 2 atom stereocenters. The molecule has 2 rings (SSSR count). The predicted octanol–water partition coefficient (Wildman–Crippen LogP) is 4.13. The molecule has 128 valence electrons. The summed E-state index contributed by atoms with van der Waals surface area (Å²) in [5.74, 6) is 0. The zero-order valence-electron chi connectivity index (χ0n) is 14.8. The first kappa shape index (κ1) is 17.8. The van der Waals surface area contributed by atoms with Crippen molar-refractivity contribution in [2.45, 2.75) is 64.6 Å². The lowest BCUT2D eigenvalue weighted by Gasteiger charge is -2.40. The molecule has 0 spiro atoms. The van der Waals surface area contributed by atoms with Crippen LogP contribution in [0.5, 0.6) is 0 Å². The number of carbonyl (C=O) groups excluding carboxylic acids is 1. The Kier molecular flexibility index (Phi) is 6.05. The Hall–Kier alpha value is -1.55. The van der Waals surface area contributed by atoms with E-state index in [9.17, 15) is 4.79 Å². The number of likely N-dealkylation sites (tertiary alicyclic amines) is 1. The van der Waals surface area contributed by atoms with Crippen LogP contribution < -0.4 is 5.32 Å². The van der Waals surface area contributed by atoms with E-state index in [1.807, 2.05) is 26.8 Å². The van der Waals surface area contributed by atoms with Crippen LogP contribution in [0.4, 0.5) is 4.79 Å². The van der Waals surface area contributed by atoms with E-state index in [0.717, 1.165) is 13.0 Å². The zero-order chi connectivity index (χ0) is 16.9. The highest BCUT2D eigenvalue weighted by molar-refractivity contribution is 5.67. The van der Waals surface area contributed by atoms with Gasteiger partial charge in [0.1, 0.15) is 5.60 Å². The van der Waals surface area contributed by atoms with Crippen molar-refractivity contribution in [2.75, 3.05) is 13.1 Å². The number of amides is 1.